The molecule has 0 bridgehead atoms. The first-order valence-electron chi connectivity index (χ1n) is 10.6. The van der Waals surface area contributed by atoms with Gasteiger partial charge >= 0.3 is 0 Å². The van der Waals surface area contributed by atoms with Crippen LogP contribution in [-0.2, 0) is 0 Å². The van der Waals surface area contributed by atoms with Crippen LogP contribution in [0.25, 0.3) is 22.2 Å². The van der Waals surface area contributed by atoms with E-state index in [0.717, 1.165) is 51.0 Å². The minimum absolute atomic E-state index is 0.00181. The maximum atomic E-state index is 6.42. The molecule has 0 saturated carbocycles. The fraction of sp³-hybridized carbons (Fsp3) is 0.200. The Balaban J connectivity index is 1.86. The first kappa shape index (κ1) is 21.4. The van der Waals surface area contributed by atoms with Crippen LogP contribution in [0.4, 0.5) is 5.69 Å². The SMILES string of the molecule is CN=CC(=CN)c1ccc2c(c1)C(Nc1cccc3cccnc13)CCN(N)/C2=C(/C)N. The van der Waals surface area contributed by atoms with Crippen molar-refractivity contribution >= 4 is 34.1 Å². The third kappa shape index (κ3) is 4.02. The van der Waals surface area contributed by atoms with E-state index in [1.165, 1.54) is 0 Å². The highest BCUT2D eigenvalue weighted by Crippen LogP contribution is 2.37. The zero-order chi connectivity index (χ0) is 22.7. The minimum atomic E-state index is -0.00181. The maximum Gasteiger partial charge on any atom is 0.0933 e. The Morgan fingerprint density at radius 3 is 2.78 bits per heavy atom. The van der Waals surface area contributed by atoms with E-state index in [0.29, 0.717) is 12.2 Å². The van der Waals surface area contributed by atoms with Gasteiger partial charge in [0.25, 0.3) is 0 Å². The van der Waals surface area contributed by atoms with E-state index in [1.807, 2.05) is 31.3 Å². The molecular weight excluding hydrogens is 398 g/mol. The molecule has 0 amide bonds. The van der Waals surface area contributed by atoms with Crippen LogP contribution in [0, 0.1) is 0 Å². The quantitative estimate of drug-likeness (QED) is 0.373. The second-order valence-corrected chi connectivity index (χ2v) is 7.90. The number of aromatic nitrogens is 1. The van der Waals surface area contributed by atoms with Crippen molar-refractivity contribution in [3.8, 4) is 0 Å². The van der Waals surface area contributed by atoms with Crippen molar-refractivity contribution in [2.45, 2.75) is 19.4 Å². The second kappa shape index (κ2) is 9.11. The lowest BCUT2D eigenvalue weighted by molar-refractivity contribution is 0.402. The van der Waals surface area contributed by atoms with E-state index < -0.39 is 0 Å². The third-order valence-electron chi connectivity index (χ3n) is 5.75. The van der Waals surface area contributed by atoms with Crippen molar-refractivity contribution in [1.29, 1.82) is 0 Å². The van der Waals surface area contributed by atoms with Gasteiger partial charge in [0.1, 0.15) is 0 Å². The molecule has 0 aliphatic carbocycles. The topological polar surface area (TPSA) is 119 Å². The molecule has 1 aliphatic heterocycles. The van der Waals surface area contributed by atoms with Gasteiger partial charge in [-0.1, -0.05) is 30.3 Å². The highest BCUT2D eigenvalue weighted by atomic mass is 15.4. The van der Waals surface area contributed by atoms with E-state index in [2.05, 4.69) is 45.6 Å². The number of para-hydroxylation sites is 1. The van der Waals surface area contributed by atoms with Crippen LogP contribution in [-0.4, -0.2) is 29.8 Å². The van der Waals surface area contributed by atoms with Crippen molar-refractivity contribution in [2.24, 2.45) is 22.3 Å². The summed E-state index contributed by atoms with van der Waals surface area (Å²) in [6, 6.07) is 16.4. The van der Waals surface area contributed by atoms with Crippen molar-refractivity contribution in [3.05, 3.63) is 83.3 Å². The van der Waals surface area contributed by atoms with E-state index >= 15 is 0 Å². The van der Waals surface area contributed by atoms with Crippen LogP contribution in [0.2, 0.25) is 0 Å². The zero-order valence-electron chi connectivity index (χ0n) is 18.4. The second-order valence-electron chi connectivity index (χ2n) is 7.90. The van der Waals surface area contributed by atoms with Crippen LogP contribution in [0.1, 0.15) is 36.1 Å². The van der Waals surface area contributed by atoms with Gasteiger partial charge in [0.05, 0.1) is 22.9 Å². The monoisotopic (exact) mass is 427 g/mol. The molecule has 1 atom stereocenters. The Hall–Kier alpha value is -3.84. The molecule has 7 heteroatoms. The predicted molar refractivity (Wildman–Crippen MR) is 133 cm³/mol. The molecule has 32 heavy (non-hydrogen) atoms. The number of hydrazine groups is 1. The molecular formula is C25H29N7. The van der Waals surface area contributed by atoms with Gasteiger partial charge in [0.2, 0.25) is 0 Å². The van der Waals surface area contributed by atoms with Gasteiger partial charge in [-0.15, -0.1) is 0 Å². The minimum Gasteiger partial charge on any atom is -0.404 e. The predicted octanol–water partition coefficient (Wildman–Crippen LogP) is 3.61. The lowest BCUT2D eigenvalue weighted by Gasteiger charge is -2.22. The van der Waals surface area contributed by atoms with Crippen molar-refractivity contribution < 1.29 is 0 Å². The third-order valence-corrected chi connectivity index (χ3v) is 5.75. The number of aliphatic imine (C=N–C) groups is 1. The molecule has 1 aliphatic rings. The number of fused-ring (bicyclic) bond motifs is 2. The van der Waals surface area contributed by atoms with Gasteiger partial charge in [-0.3, -0.25) is 9.98 Å². The molecule has 7 nitrogen and oxygen atoms in total. The number of allylic oxidation sites excluding steroid dienone is 2. The summed E-state index contributed by atoms with van der Waals surface area (Å²) in [7, 11) is 1.73. The Morgan fingerprint density at radius 1 is 1.22 bits per heavy atom. The van der Waals surface area contributed by atoms with Crippen molar-refractivity contribution in [1.82, 2.24) is 9.99 Å². The van der Waals surface area contributed by atoms with Crippen molar-refractivity contribution in [2.75, 3.05) is 18.9 Å². The fourth-order valence-corrected chi connectivity index (χ4v) is 4.29. The van der Waals surface area contributed by atoms with Crippen molar-refractivity contribution in [3.63, 3.8) is 0 Å². The normalized spacial score (nSPS) is 18.5. The number of rotatable bonds is 4. The lowest BCUT2D eigenvalue weighted by Crippen LogP contribution is -2.31. The summed E-state index contributed by atoms with van der Waals surface area (Å²) < 4.78 is 0. The summed E-state index contributed by atoms with van der Waals surface area (Å²) in [6.45, 7) is 2.53. The molecule has 0 fully saturated rings. The van der Waals surface area contributed by atoms with Gasteiger partial charge < -0.3 is 21.8 Å². The Morgan fingerprint density at radius 2 is 2.03 bits per heavy atom. The average Bonchev–Trinajstić information content (AvgIpc) is 2.93. The highest BCUT2D eigenvalue weighted by Gasteiger charge is 2.26. The lowest BCUT2D eigenvalue weighted by atomic mass is 9.92. The number of pyridine rings is 1. The van der Waals surface area contributed by atoms with Gasteiger partial charge in [0.15, 0.2) is 0 Å². The molecule has 0 spiro atoms. The molecule has 7 N–H and O–H groups in total. The zero-order valence-corrected chi connectivity index (χ0v) is 18.4. The molecule has 2 aromatic carbocycles. The van der Waals surface area contributed by atoms with E-state index in [-0.39, 0.29) is 6.04 Å². The molecule has 0 radical (unpaired) electrons. The van der Waals surface area contributed by atoms with Gasteiger partial charge in [-0.05, 0) is 42.7 Å². The van der Waals surface area contributed by atoms with Gasteiger partial charge in [-0.2, -0.15) is 0 Å². The molecule has 1 aromatic heterocycles. The summed E-state index contributed by atoms with van der Waals surface area (Å²) >= 11 is 0. The summed E-state index contributed by atoms with van der Waals surface area (Å²) in [5.41, 5.74) is 19.5. The number of benzene rings is 2. The van der Waals surface area contributed by atoms with Crippen LogP contribution in [0.15, 0.2) is 71.6 Å². The van der Waals surface area contributed by atoms with E-state index in [9.17, 15) is 0 Å². The van der Waals surface area contributed by atoms with Crippen LogP contribution in [0.5, 0.6) is 0 Å². The summed E-state index contributed by atoms with van der Waals surface area (Å²) in [6.07, 6.45) is 5.93. The molecule has 3 aromatic rings. The first-order valence-corrected chi connectivity index (χ1v) is 10.6. The summed E-state index contributed by atoms with van der Waals surface area (Å²) in [5.74, 6) is 6.42. The maximum absolute atomic E-state index is 6.42. The highest BCUT2D eigenvalue weighted by molar-refractivity contribution is 6.09. The first-order chi connectivity index (χ1) is 15.5. The Kier molecular flexibility index (Phi) is 6.09. The summed E-state index contributed by atoms with van der Waals surface area (Å²) in [4.78, 5) is 8.73. The van der Waals surface area contributed by atoms with Gasteiger partial charge in [-0.25, -0.2) is 5.84 Å². The largest absolute Gasteiger partial charge is 0.404 e. The average molecular weight is 428 g/mol. The number of nitrogens with one attached hydrogen (secondary N) is 1. The molecule has 1 unspecified atom stereocenters. The molecule has 164 valence electrons. The fourth-order valence-electron chi connectivity index (χ4n) is 4.29. The number of hydrogen-bond acceptors (Lipinski definition) is 7. The number of hydrogen-bond donors (Lipinski definition) is 4. The Bertz CT molecular complexity index is 1220. The van der Waals surface area contributed by atoms with Crippen LogP contribution in [0.3, 0.4) is 0 Å². The standard InChI is InChI=1S/C25H29N7/c1-16(27)25-20-9-8-18(19(14-26)15-29-2)13-21(20)22(10-12-32(25)28)31-23-7-3-5-17-6-4-11-30-24(17)23/h3-9,11,13-15,22,31H,10,12,26-28H2,1-2H3/b19-14?,25-16-,29-15?. The molecule has 4 rings (SSSR count). The van der Waals surface area contributed by atoms with E-state index in [4.69, 9.17) is 17.3 Å². The van der Waals surface area contributed by atoms with Crippen LogP contribution >= 0.6 is 0 Å². The van der Waals surface area contributed by atoms with Crippen LogP contribution < -0.4 is 22.6 Å². The number of nitrogens with two attached hydrogens (primary N) is 3. The Labute approximate surface area is 188 Å². The molecule has 0 saturated heterocycles. The number of anilines is 1. The summed E-state index contributed by atoms with van der Waals surface area (Å²) in [5, 5.41) is 6.55. The molecule has 2 heterocycles. The smallest absolute Gasteiger partial charge is 0.0933 e. The number of nitrogens with zero attached hydrogens (tertiary/aromatic N) is 3. The van der Waals surface area contributed by atoms with Gasteiger partial charge in [0, 0.05) is 54.4 Å². The van der Waals surface area contributed by atoms with E-state index in [1.54, 1.807) is 24.5 Å².